The zero-order valence-electron chi connectivity index (χ0n) is 7.37. The maximum Gasteiger partial charge on any atom is 0.270 e. The van der Waals surface area contributed by atoms with Crippen LogP contribution in [-0.4, -0.2) is 10.8 Å². The molecule has 0 amide bonds. The number of nitro benzene ring substituents is 1. The van der Waals surface area contributed by atoms with Crippen molar-refractivity contribution >= 4 is 39.9 Å². The van der Waals surface area contributed by atoms with E-state index in [-0.39, 0.29) is 10.6 Å². The first-order chi connectivity index (χ1) is 6.65. The number of alkyl halides is 1. The second-order valence-corrected chi connectivity index (χ2v) is 4.37. The number of benzene rings is 1. The number of hydrogen-bond acceptors (Lipinski definition) is 2. The van der Waals surface area contributed by atoms with Crippen molar-refractivity contribution in [1.82, 2.24) is 0 Å². The van der Waals surface area contributed by atoms with Gasteiger partial charge in [-0.05, 0) is 41.0 Å². The summed E-state index contributed by atoms with van der Waals surface area (Å²) in [6, 6.07) is 4.92. The zero-order chi connectivity index (χ0) is 10.6. The van der Waals surface area contributed by atoms with Crippen LogP contribution >= 0.6 is 34.2 Å². The van der Waals surface area contributed by atoms with Crippen LogP contribution in [0.2, 0.25) is 0 Å². The summed E-state index contributed by atoms with van der Waals surface area (Å²) in [6.07, 6.45) is 1.77. The van der Waals surface area contributed by atoms with Crippen LogP contribution < -0.4 is 0 Å². The third-order valence-corrected chi connectivity index (χ3v) is 3.10. The van der Waals surface area contributed by atoms with E-state index in [0.717, 1.165) is 22.0 Å². The summed E-state index contributed by atoms with van der Waals surface area (Å²) in [7, 11) is 0. The normalized spacial score (nSPS) is 10.1. The average molecular weight is 326 g/mol. The van der Waals surface area contributed by atoms with Gasteiger partial charge in [0, 0.05) is 21.6 Å². The van der Waals surface area contributed by atoms with Gasteiger partial charge in [-0.15, -0.1) is 11.6 Å². The topological polar surface area (TPSA) is 43.1 Å². The molecule has 76 valence electrons. The first-order valence-electron chi connectivity index (χ1n) is 4.14. The minimum Gasteiger partial charge on any atom is -0.258 e. The third-order valence-electron chi connectivity index (χ3n) is 1.83. The predicted octanol–water partition coefficient (Wildman–Crippen LogP) is 3.37. The van der Waals surface area contributed by atoms with E-state index in [1.165, 1.54) is 6.07 Å². The highest BCUT2D eigenvalue weighted by Gasteiger charge is 2.08. The lowest BCUT2D eigenvalue weighted by Gasteiger charge is -2.02. The van der Waals surface area contributed by atoms with Crippen molar-refractivity contribution in [2.24, 2.45) is 0 Å². The smallest absolute Gasteiger partial charge is 0.258 e. The second-order valence-electron chi connectivity index (χ2n) is 2.83. The number of hydrogen-bond donors (Lipinski definition) is 0. The number of rotatable bonds is 4. The van der Waals surface area contributed by atoms with Gasteiger partial charge in [-0.1, -0.05) is 6.07 Å². The van der Waals surface area contributed by atoms with Crippen LogP contribution in [0.15, 0.2) is 18.2 Å². The fourth-order valence-corrected chi connectivity index (χ4v) is 2.01. The molecule has 3 nitrogen and oxygen atoms in total. The molecule has 0 bridgehead atoms. The van der Waals surface area contributed by atoms with Crippen LogP contribution in [0.25, 0.3) is 0 Å². The predicted molar refractivity (Wildman–Crippen MR) is 64.9 cm³/mol. The molecule has 0 saturated carbocycles. The van der Waals surface area contributed by atoms with Gasteiger partial charge in [0.05, 0.1) is 4.92 Å². The summed E-state index contributed by atoms with van der Waals surface area (Å²) in [6.45, 7) is 0. The van der Waals surface area contributed by atoms with Gasteiger partial charge in [-0.3, -0.25) is 10.1 Å². The van der Waals surface area contributed by atoms with Gasteiger partial charge in [0.15, 0.2) is 0 Å². The van der Waals surface area contributed by atoms with E-state index >= 15 is 0 Å². The maximum absolute atomic E-state index is 10.5. The van der Waals surface area contributed by atoms with Crippen molar-refractivity contribution in [1.29, 1.82) is 0 Å². The van der Waals surface area contributed by atoms with Crippen molar-refractivity contribution in [3.63, 3.8) is 0 Å². The van der Waals surface area contributed by atoms with E-state index < -0.39 is 0 Å². The van der Waals surface area contributed by atoms with Crippen LogP contribution in [0, 0.1) is 13.7 Å². The molecule has 14 heavy (non-hydrogen) atoms. The summed E-state index contributed by atoms with van der Waals surface area (Å²) >= 11 is 7.69. The van der Waals surface area contributed by atoms with Gasteiger partial charge in [0.25, 0.3) is 5.69 Å². The highest BCUT2D eigenvalue weighted by atomic mass is 127. The molecule has 0 unspecified atom stereocenters. The Morgan fingerprint density at radius 2 is 2.21 bits per heavy atom. The number of nitrogens with zero attached hydrogens (tertiary/aromatic N) is 1. The fourth-order valence-electron chi connectivity index (χ4n) is 1.11. The Morgan fingerprint density at radius 3 is 2.71 bits per heavy atom. The Bertz CT molecular complexity index is 344. The van der Waals surface area contributed by atoms with Crippen molar-refractivity contribution in [3.05, 3.63) is 37.4 Å². The SMILES string of the molecule is O=[N+]([O-])c1ccc(CCCCl)c(I)c1. The van der Waals surface area contributed by atoms with Crippen molar-refractivity contribution in [3.8, 4) is 0 Å². The zero-order valence-corrected chi connectivity index (χ0v) is 10.3. The molecule has 1 aromatic carbocycles. The van der Waals surface area contributed by atoms with Crippen LogP contribution in [0.3, 0.4) is 0 Å². The molecular formula is C9H9ClINO2. The molecule has 0 aromatic heterocycles. The van der Waals surface area contributed by atoms with E-state index in [1.54, 1.807) is 12.1 Å². The summed E-state index contributed by atoms with van der Waals surface area (Å²) in [4.78, 5) is 10.1. The summed E-state index contributed by atoms with van der Waals surface area (Å²) in [5.74, 6) is 0.618. The van der Waals surface area contributed by atoms with E-state index in [1.807, 2.05) is 0 Å². The highest BCUT2D eigenvalue weighted by molar-refractivity contribution is 14.1. The van der Waals surface area contributed by atoms with E-state index in [2.05, 4.69) is 22.6 Å². The first kappa shape index (κ1) is 11.7. The van der Waals surface area contributed by atoms with Crippen LogP contribution in [-0.2, 0) is 6.42 Å². The minimum absolute atomic E-state index is 0.143. The Morgan fingerprint density at radius 1 is 1.50 bits per heavy atom. The lowest BCUT2D eigenvalue weighted by molar-refractivity contribution is -0.385. The molecule has 1 aromatic rings. The van der Waals surface area contributed by atoms with Gasteiger partial charge in [-0.2, -0.15) is 0 Å². The quantitative estimate of drug-likeness (QED) is 0.369. The van der Waals surface area contributed by atoms with Crippen molar-refractivity contribution in [2.75, 3.05) is 5.88 Å². The molecule has 0 fully saturated rings. The Hall–Kier alpha value is -0.360. The lowest BCUT2D eigenvalue weighted by Crippen LogP contribution is -1.93. The van der Waals surface area contributed by atoms with Crippen LogP contribution in [0.4, 0.5) is 5.69 Å². The lowest BCUT2D eigenvalue weighted by atomic mass is 10.1. The standard InChI is InChI=1S/C9H9ClINO2/c10-5-1-2-7-3-4-8(12(13)14)6-9(7)11/h3-4,6H,1-2,5H2. The van der Waals surface area contributed by atoms with E-state index in [9.17, 15) is 10.1 Å². The molecular weight excluding hydrogens is 316 g/mol. The number of aryl methyl sites for hydroxylation is 1. The van der Waals surface area contributed by atoms with E-state index in [0.29, 0.717) is 5.88 Å². The number of non-ortho nitro benzene ring substituents is 1. The van der Waals surface area contributed by atoms with Gasteiger partial charge in [-0.25, -0.2) is 0 Å². The van der Waals surface area contributed by atoms with Crippen molar-refractivity contribution in [2.45, 2.75) is 12.8 Å². The van der Waals surface area contributed by atoms with Gasteiger partial charge in [0.1, 0.15) is 0 Å². The number of nitro groups is 1. The van der Waals surface area contributed by atoms with Crippen molar-refractivity contribution < 1.29 is 4.92 Å². The average Bonchev–Trinajstić information content (AvgIpc) is 2.15. The monoisotopic (exact) mass is 325 g/mol. The first-order valence-corrected chi connectivity index (χ1v) is 5.75. The fraction of sp³-hybridized carbons (Fsp3) is 0.333. The van der Waals surface area contributed by atoms with Crippen LogP contribution in [0.5, 0.6) is 0 Å². The molecule has 0 N–H and O–H groups in total. The highest BCUT2D eigenvalue weighted by Crippen LogP contribution is 2.20. The molecule has 0 radical (unpaired) electrons. The summed E-state index contributed by atoms with van der Waals surface area (Å²) < 4.78 is 0.932. The molecule has 0 aliphatic rings. The summed E-state index contributed by atoms with van der Waals surface area (Å²) in [5.41, 5.74) is 1.26. The number of halogens is 2. The van der Waals surface area contributed by atoms with E-state index in [4.69, 9.17) is 11.6 Å². The Balaban J connectivity index is 2.84. The molecule has 0 saturated heterocycles. The maximum atomic E-state index is 10.5. The minimum atomic E-state index is -0.381. The van der Waals surface area contributed by atoms with Gasteiger partial charge in [0.2, 0.25) is 0 Å². The Kier molecular flexibility index (Phi) is 4.60. The van der Waals surface area contributed by atoms with Gasteiger partial charge >= 0.3 is 0 Å². The Labute approximate surface area is 101 Å². The van der Waals surface area contributed by atoms with Crippen LogP contribution in [0.1, 0.15) is 12.0 Å². The molecule has 1 rings (SSSR count). The molecule has 0 spiro atoms. The van der Waals surface area contributed by atoms with Gasteiger partial charge < -0.3 is 0 Å². The third kappa shape index (κ3) is 3.09. The largest absolute Gasteiger partial charge is 0.270 e. The molecule has 0 atom stereocenters. The molecule has 0 heterocycles. The summed E-state index contributed by atoms with van der Waals surface area (Å²) in [5, 5.41) is 10.5. The molecule has 5 heteroatoms. The molecule has 0 aliphatic carbocycles. The second kappa shape index (κ2) is 5.50. The molecule has 0 aliphatic heterocycles.